The van der Waals surface area contributed by atoms with Crippen LogP contribution in [0.4, 0.5) is 4.39 Å². The lowest BCUT2D eigenvalue weighted by Crippen LogP contribution is -2.44. The molecule has 2 aromatic carbocycles. The maximum atomic E-state index is 12.7. The van der Waals surface area contributed by atoms with E-state index in [2.05, 4.69) is 0 Å². The molecule has 0 radical (unpaired) electrons. The normalized spacial score (nSPS) is 16.0. The van der Waals surface area contributed by atoms with E-state index in [1.54, 1.807) is 14.2 Å². The predicted molar refractivity (Wildman–Crippen MR) is 121 cm³/mol. The van der Waals surface area contributed by atoms with Gasteiger partial charge in [-0.2, -0.15) is 0 Å². The minimum atomic E-state index is -0.744. The van der Waals surface area contributed by atoms with Crippen LogP contribution < -0.4 is 14.2 Å². The molecule has 6 nitrogen and oxygen atoms in total. The second-order valence-electron chi connectivity index (χ2n) is 8.57. The molecule has 1 saturated carbocycles. The number of alkyl halides is 1. The molecule has 0 N–H and O–H groups in total. The first-order valence-corrected chi connectivity index (χ1v) is 11.3. The molecule has 0 saturated heterocycles. The highest BCUT2D eigenvalue weighted by molar-refractivity contribution is 6.01. The molecule has 2 aromatic rings. The number of hydrogen-bond donors (Lipinski definition) is 0. The molecule has 0 unspecified atom stereocenters. The van der Waals surface area contributed by atoms with Crippen molar-refractivity contribution in [2.45, 2.75) is 38.5 Å². The fourth-order valence-corrected chi connectivity index (χ4v) is 4.49. The number of rotatable bonds is 10. The number of fused-ring (bicyclic) bond motifs is 1. The van der Waals surface area contributed by atoms with E-state index in [4.69, 9.17) is 18.9 Å². The maximum absolute atomic E-state index is 12.7. The lowest BCUT2D eigenvalue weighted by Gasteiger charge is -2.39. The van der Waals surface area contributed by atoms with Gasteiger partial charge in [0.2, 0.25) is 5.75 Å². The molecule has 2 aliphatic rings. The molecule has 0 aromatic heterocycles. The van der Waals surface area contributed by atoms with Gasteiger partial charge < -0.3 is 18.9 Å². The summed E-state index contributed by atoms with van der Waals surface area (Å²) >= 11 is 0. The summed E-state index contributed by atoms with van der Waals surface area (Å²) in [6.45, 7) is -0.326. The molecule has 1 fully saturated rings. The number of benzene rings is 2. The molecule has 33 heavy (non-hydrogen) atoms. The van der Waals surface area contributed by atoms with E-state index in [1.165, 1.54) is 0 Å². The largest absolute Gasteiger partial charge is 0.493 e. The smallest absolute Gasteiger partial charge is 0.315 e. The molecule has 7 heteroatoms. The minimum absolute atomic E-state index is 0.0681. The fraction of sp³-hybridized carbons (Fsp3) is 0.462. The number of halogens is 1. The van der Waals surface area contributed by atoms with Crippen LogP contribution >= 0.6 is 0 Å². The third-order valence-corrected chi connectivity index (χ3v) is 6.59. The molecule has 0 aliphatic heterocycles. The highest BCUT2D eigenvalue weighted by atomic mass is 19.1. The van der Waals surface area contributed by atoms with Gasteiger partial charge in [0.25, 0.3) is 0 Å². The minimum Gasteiger partial charge on any atom is -0.493 e. The molecule has 2 aliphatic carbocycles. The zero-order chi connectivity index (χ0) is 23.4. The van der Waals surface area contributed by atoms with Crippen molar-refractivity contribution >= 4 is 11.8 Å². The first-order valence-electron chi connectivity index (χ1n) is 11.3. The number of Topliss-reactive ketones (excluding diaryl/α,β-unsaturated/α-hetero) is 1. The summed E-state index contributed by atoms with van der Waals surface area (Å²) in [6, 6.07) is 9.47. The van der Waals surface area contributed by atoms with Crippen LogP contribution in [0.3, 0.4) is 0 Å². The van der Waals surface area contributed by atoms with Crippen molar-refractivity contribution in [2.75, 3.05) is 34.1 Å². The number of methoxy groups -OCH3 is 2. The quantitative estimate of drug-likeness (QED) is 0.372. The van der Waals surface area contributed by atoms with Gasteiger partial charge in [0.15, 0.2) is 17.3 Å². The lowest BCUT2D eigenvalue weighted by atomic mass is 9.69. The maximum Gasteiger partial charge on any atom is 0.315 e. The number of hydrogen-bond acceptors (Lipinski definition) is 6. The van der Waals surface area contributed by atoms with Crippen LogP contribution in [0.25, 0.3) is 11.1 Å². The standard InChI is InChI=1S/C26H29FO6/c1-30-22-10-8-20(18-5-7-19-17(15-18)6-9-21(19)28)23(24(22)31-2)33-16-26(11-3-12-26)25(29)32-14-4-13-27/h5,7-8,10,15H,3-4,6,9,11-14,16H2,1-2H3. The number of aryl methyl sites for hydroxylation is 1. The molecule has 4 rings (SSSR count). The molecule has 176 valence electrons. The molecule has 0 spiro atoms. The zero-order valence-electron chi connectivity index (χ0n) is 19.1. The van der Waals surface area contributed by atoms with Crippen LogP contribution in [0, 0.1) is 5.41 Å². The Balaban J connectivity index is 1.65. The first kappa shape index (κ1) is 23.1. The highest BCUT2D eigenvalue weighted by Gasteiger charge is 2.47. The third kappa shape index (κ3) is 4.41. The van der Waals surface area contributed by atoms with Gasteiger partial charge in [-0.3, -0.25) is 14.0 Å². The van der Waals surface area contributed by atoms with Crippen LogP contribution in [0.5, 0.6) is 17.2 Å². The Labute approximate surface area is 193 Å². The van der Waals surface area contributed by atoms with E-state index < -0.39 is 12.1 Å². The van der Waals surface area contributed by atoms with Crippen LogP contribution in [0.2, 0.25) is 0 Å². The van der Waals surface area contributed by atoms with Gasteiger partial charge in [-0.05, 0) is 42.5 Å². The van der Waals surface area contributed by atoms with Crippen LogP contribution in [0.1, 0.15) is 48.0 Å². The lowest BCUT2D eigenvalue weighted by molar-refractivity contribution is -0.164. The van der Waals surface area contributed by atoms with Gasteiger partial charge in [0.05, 0.1) is 27.5 Å². The average molecular weight is 457 g/mol. The van der Waals surface area contributed by atoms with Crippen molar-refractivity contribution in [3.63, 3.8) is 0 Å². The molecule has 0 amide bonds. The Hall–Kier alpha value is -3.09. The Morgan fingerprint density at radius 1 is 1.03 bits per heavy atom. The zero-order valence-corrected chi connectivity index (χ0v) is 19.1. The topological polar surface area (TPSA) is 71.1 Å². The van der Waals surface area contributed by atoms with Crippen molar-refractivity contribution in [1.82, 2.24) is 0 Å². The van der Waals surface area contributed by atoms with Crippen molar-refractivity contribution in [3.8, 4) is 28.4 Å². The van der Waals surface area contributed by atoms with E-state index in [9.17, 15) is 14.0 Å². The predicted octanol–water partition coefficient (Wildman–Crippen LogP) is 4.95. The van der Waals surface area contributed by atoms with Gasteiger partial charge in [-0.25, -0.2) is 0 Å². The Bertz CT molecular complexity index is 1040. The SMILES string of the molecule is COc1ccc(-c2ccc3c(c2)CCC3=O)c(OCC2(C(=O)OCCCF)CCC2)c1OC. The number of esters is 1. The van der Waals surface area contributed by atoms with Crippen molar-refractivity contribution < 1.29 is 32.9 Å². The van der Waals surface area contributed by atoms with Crippen LogP contribution in [-0.4, -0.2) is 45.9 Å². The molecule has 0 atom stereocenters. The fourth-order valence-electron chi connectivity index (χ4n) is 4.49. The summed E-state index contributed by atoms with van der Waals surface area (Å²) < 4.78 is 35.1. The average Bonchev–Trinajstić information content (AvgIpc) is 3.17. The van der Waals surface area contributed by atoms with Crippen molar-refractivity contribution in [1.29, 1.82) is 0 Å². The van der Waals surface area contributed by atoms with E-state index in [-0.39, 0.29) is 31.4 Å². The second kappa shape index (κ2) is 9.81. The van der Waals surface area contributed by atoms with Crippen LogP contribution in [0.15, 0.2) is 30.3 Å². The molecule has 0 heterocycles. The van der Waals surface area contributed by atoms with E-state index in [1.807, 2.05) is 30.3 Å². The molecular weight excluding hydrogens is 427 g/mol. The van der Waals surface area contributed by atoms with Crippen molar-refractivity contribution in [2.24, 2.45) is 5.41 Å². The van der Waals surface area contributed by atoms with E-state index in [0.29, 0.717) is 36.5 Å². The Kier molecular flexibility index (Phi) is 6.86. The van der Waals surface area contributed by atoms with Crippen LogP contribution in [-0.2, 0) is 16.0 Å². The van der Waals surface area contributed by atoms with Gasteiger partial charge in [0.1, 0.15) is 12.0 Å². The summed E-state index contributed by atoms with van der Waals surface area (Å²) in [6.07, 6.45) is 3.66. The number of carbonyl (C=O) groups excluding carboxylic acids is 2. The van der Waals surface area contributed by atoms with E-state index in [0.717, 1.165) is 35.1 Å². The number of ether oxygens (including phenoxy) is 4. The molecule has 0 bridgehead atoms. The van der Waals surface area contributed by atoms with Crippen molar-refractivity contribution in [3.05, 3.63) is 41.5 Å². The summed E-state index contributed by atoms with van der Waals surface area (Å²) in [5.74, 6) is 1.25. The summed E-state index contributed by atoms with van der Waals surface area (Å²) in [4.78, 5) is 24.8. The van der Waals surface area contributed by atoms with Gasteiger partial charge in [-0.1, -0.05) is 24.6 Å². The third-order valence-electron chi connectivity index (χ3n) is 6.59. The van der Waals surface area contributed by atoms with Gasteiger partial charge in [0, 0.05) is 24.0 Å². The molecular formula is C26H29FO6. The first-order chi connectivity index (χ1) is 16.0. The monoisotopic (exact) mass is 456 g/mol. The number of carbonyl (C=O) groups is 2. The Morgan fingerprint density at radius 2 is 1.82 bits per heavy atom. The van der Waals surface area contributed by atoms with Gasteiger partial charge >= 0.3 is 5.97 Å². The number of ketones is 1. The van der Waals surface area contributed by atoms with E-state index >= 15 is 0 Å². The Morgan fingerprint density at radius 3 is 2.48 bits per heavy atom. The summed E-state index contributed by atoms with van der Waals surface area (Å²) in [7, 11) is 3.10. The summed E-state index contributed by atoms with van der Waals surface area (Å²) in [5, 5.41) is 0. The van der Waals surface area contributed by atoms with Gasteiger partial charge in [-0.15, -0.1) is 0 Å². The highest BCUT2D eigenvalue weighted by Crippen LogP contribution is 2.48. The second-order valence-corrected chi connectivity index (χ2v) is 8.57. The summed E-state index contributed by atoms with van der Waals surface area (Å²) in [5.41, 5.74) is 2.73.